The maximum atomic E-state index is 12.8. The van der Waals surface area contributed by atoms with Crippen LogP contribution in [0.15, 0.2) is 53.4 Å². The number of sulfonamides is 1. The highest BCUT2D eigenvalue weighted by atomic mass is 35.5. The van der Waals surface area contributed by atoms with Crippen LogP contribution in [0.2, 0.25) is 5.02 Å². The van der Waals surface area contributed by atoms with Crippen molar-refractivity contribution < 1.29 is 18.0 Å². The minimum atomic E-state index is -3.83. The Morgan fingerprint density at radius 1 is 1.20 bits per heavy atom. The molecular weight excluding hydrogens is 426 g/mol. The summed E-state index contributed by atoms with van der Waals surface area (Å²) >= 11 is 6.17. The van der Waals surface area contributed by atoms with Crippen LogP contribution in [0.25, 0.3) is 0 Å². The van der Waals surface area contributed by atoms with E-state index in [2.05, 4.69) is 10.2 Å². The standard InChI is InChI=1S/C21H26ClN3O4S/c1-24(29-2)30(27,28)19-10-6-8-17(14-19)21(26)23-15-20(25-11-3-4-12-25)16-7-5-9-18(22)13-16/h5-10,13-14,20H,3-4,11-12,15H2,1-2H3,(H,23,26). The molecule has 0 spiro atoms. The van der Waals surface area contributed by atoms with E-state index >= 15 is 0 Å². The van der Waals surface area contributed by atoms with Gasteiger partial charge < -0.3 is 5.32 Å². The molecule has 9 heteroatoms. The largest absolute Gasteiger partial charge is 0.350 e. The van der Waals surface area contributed by atoms with Gasteiger partial charge in [0.25, 0.3) is 15.9 Å². The first kappa shape index (κ1) is 22.7. The number of nitrogens with one attached hydrogen (secondary N) is 1. The van der Waals surface area contributed by atoms with Crippen molar-refractivity contribution in [3.63, 3.8) is 0 Å². The van der Waals surface area contributed by atoms with Gasteiger partial charge in [-0.1, -0.05) is 34.3 Å². The second kappa shape index (κ2) is 9.89. The summed E-state index contributed by atoms with van der Waals surface area (Å²) in [7, 11) is -1.26. The number of benzene rings is 2. The zero-order valence-corrected chi connectivity index (χ0v) is 18.6. The van der Waals surface area contributed by atoms with Crippen molar-refractivity contribution in [3.8, 4) is 0 Å². The zero-order valence-electron chi connectivity index (χ0n) is 17.0. The van der Waals surface area contributed by atoms with Gasteiger partial charge in [-0.3, -0.25) is 14.5 Å². The van der Waals surface area contributed by atoms with E-state index in [0.717, 1.165) is 36.0 Å². The lowest BCUT2D eigenvalue weighted by Crippen LogP contribution is -2.37. The van der Waals surface area contributed by atoms with E-state index in [1.54, 1.807) is 12.1 Å². The Kier molecular flexibility index (Phi) is 7.49. The molecule has 0 aliphatic carbocycles. The van der Waals surface area contributed by atoms with Crippen molar-refractivity contribution in [2.45, 2.75) is 23.8 Å². The van der Waals surface area contributed by atoms with Crippen molar-refractivity contribution in [1.29, 1.82) is 0 Å². The molecule has 1 aliphatic heterocycles. The van der Waals surface area contributed by atoms with Crippen LogP contribution < -0.4 is 5.32 Å². The number of hydrogen-bond donors (Lipinski definition) is 1. The van der Waals surface area contributed by atoms with Gasteiger partial charge in [-0.05, 0) is 61.8 Å². The fourth-order valence-corrected chi connectivity index (χ4v) is 4.78. The second-order valence-electron chi connectivity index (χ2n) is 7.15. The highest BCUT2D eigenvalue weighted by Crippen LogP contribution is 2.26. The van der Waals surface area contributed by atoms with Crippen LogP contribution in [0.3, 0.4) is 0 Å². The van der Waals surface area contributed by atoms with Crippen molar-refractivity contribution in [2.75, 3.05) is 33.8 Å². The Bertz CT molecular complexity index is 993. The third-order valence-corrected chi connectivity index (χ3v) is 7.17. The molecule has 0 radical (unpaired) electrons. The smallest absolute Gasteiger partial charge is 0.264 e. The van der Waals surface area contributed by atoms with Gasteiger partial charge in [-0.25, -0.2) is 8.42 Å². The molecule has 2 aromatic carbocycles. The maximum absolute atomic E-state index is 12.8. The summed E-state index contributed by atoms with van der Waals surface area (Å²) in [5.41, 5.74) is 1.31. The highest BCUT2D eigenvalue weighted by Gasteiger charge is 2.25. The van der Waals surface area contributed by atoms with E-state index in [4.69, 9.17) is 16.4 Å². The molecule has 1 atom stereocenters. The van der Waals surface area contributed by atoms with Gasteiger partial charge in [0.05, 0.1) is 18.0 Å². The monoisotopic (exact) mass is 451 g/mol. The Morgan fingerprint density at radius 3 is 2.57 bits per heavy atom. The van der Waals surface area contributed by atoms with Gasteiger partial charge in [0.1, 0.15) is 0 Å². The van der Waals surface area contributed by atoms with Gasteiger partial charge in [-0.15, -0.1) is 0 Å². The third kappa shape index (κ3) is 5.19. The molecule has 3 rings (SSSR count). The van der Waals surface area contributed by atoms with Gasteiger partial charge in [0, 0.05) is 24.2 Å². The number of hydrogen-bond acceptors (Lipinski definition) is 5. The Balaban J connectivity index is 1.77. The first-order chi connectivity index (χ1) is 14.3. The Labute approximate surface area is 182 Å². The molecular formula is C21H26ClN3O4S. The lowest BCUT2D eigenvalue weighted by atomic mass is 10.1. The molecule has 1 N–H and O–H groups in total. The topological polar surface area (TPSA) is 78.9 Å². The predicted molar refractivity (Wildman–Crippen MR) is 116 cm³/mol. The molecule has 2 aromatic rings. The number of carbonyl (C=O) groups excluding carboxylic acids is 1. The van der Waals surface area contributed by atoms with Crippen molar-refractivity contribution in [2.24, 2.45) is 0 Å². The number of likely N-dealkylation sites (tertiary alicyclic amines) is 1. The van der Waals surface area contributed by atoms with Gasteiger partial charge in [-0.2, -0.15) is 0 Å². The molecule has 0 bridgehead atoms. The molecule has 0 aromatic heterocycles. The number of hydroxylamine groups is 1. The van der Waals surface area contributed by atoms with Crippen LogP contribution in [0.4, 0.5) is 0 Å². The quantitative estimate of drug-likeness (QED) is 0.624. The number of amides is 1. The molecule has 1 unspecified atom stereocenters. The summed E-state index contributed by atoms with van der Waals surface area (Å²) in [5, 5.41) is 3.61. The van der Waals surface area contributed by atoms with Crippen LogP contribution in [0.1, 0.15) is 34.8 Å². The third-order valence-electron chi connectivity index (χ3n) is 5.26. The number of rotatable bonds is 8. The van der Waals surface area contributed by atoms with Crippen LogP contribution in [-0.4, -0.2) is 57.5 Å². The summed E-state index contributed by atoms with van der Waals surface area (Å²) in [6, 6.07) is 13.6. The lowest BCUT2D eigenvalue weighted by Gasteiger charge is -2.28. The summed E-state index contributed by atoms with van der Waals surface area (Å²) in [6.07, 6.45) is 2.25. The van der Waals surface area contributed by atoms with E-state index in [1.165, 1.54) is 26.3 Å². The van der Waals surface area contributed by atoms with E-state index in [9.17, 15) is 13.2 Å². The lowest BCUT2D eigenvalue weighted by molar-refractivity contribution is -0.0258. The molecule has 1 fully saturated rings. The summed E-state index contributed by atoms with van der Waals surface area (Å²) in [6.45, 7) is 2.32. The van der Waals surface area contributed by atoms with E-state index < -0.39 is 10.0 Å². The second-order valence-corrected chi connectivity index (χ2v) is 9.52. The number of nitrogens with zero attached hydrogens (tertiary/aromatic N) is 2. The summed E-state index contributed by atoms with van der Waals surface area (Å²) < 4.78 is 25.6. The fourth-order valence-electron chi connectivity index (χ4n) is 3.56. The van der Waals surface area contributed by atoms with Crippen molar-refractivity contribution >= 4 is 27.5 Å². The SMILES string of the molecule is CON(C)S(=O)(=O)c1cccc(C(=O)NCC(c2cccc(Cl)c2)N2CCCC2)c1. The Hall–Kier alpha value is -1.97. The van der Waals surface area contributed by atoms with E-state index in [1.807, 2.05) is 24.3 Å². The predicted octanol–water partition coefficient (Wildman–Crippen LogP) is 3.09. The van der Waals surface area contributed by atoms with E-state index in [0.29, 0.717) is 11.6 Å². The van der Waals surface area contributed by atoms with Crippen molar-refractivity contribution in [1.82, 2.24) is 14.7 Å². The normalized spacial score (nSPS) is 16.0. The number of halogens is 1. The minimum Gasteiger partial charge on any atom is -0.350 e. The van der Waals surface area contributed by atoms with Crippen LogP contribution in [0, 0.1) is 0 Å². The average Bonchev–Trinajstić information content (AvgIpc) is 3.27. The molecule has 1 amide bonds. The molecule has 162 valence electrons. The average molecular weight is 452 g/mol. The van der Waals surface area contributed by atoms with Crippen LogP contribution in [-0.2, 0) is 14.9 Å². The first-order valence-corrected chi connectivity index (χ1v) is 11.6. The molecule has 0 saturated carbocycles. The first-order valence-electron chi connectivity index (χ1n) is 9.74. The molecule has 30 heavy (non-hydrogen) atoms. The summed E-state index contributed by atoms with van der Waals surface area (Å²) in [5.74, 6) is -0.335. The van der Waals surface area contributed by atoms with Crippen molar-refractivity contribution in [3.05, 3.63) is 64.7 Å². The molecule has 1 aliphatic rings. The number of carbonyl (C=O) groups is 1. The maximum Gasteiger partial charge on any atom is 0.264 e. The zero-order chi connectivity index (χ0) is 21.7. The molecule has 1 saturated heterocycles. The fraction of sp³-hybridized carbons (Fsp3) is 0.381. The minimum absolute atomic E-state index is 0.00156. The van der Waals surface area contributed by atoms with Gasteiger partial charge in [0.2, 0.25) is 0 Å². The van der Waals surface area contributed by atoms with Gasteiger partial charge in [0.15, 0.2) is 0 Å². The summed E-state index contributed by atoms with van der Waals surface area (Å²) in [4.78, 5) is 19.9. The molecule has 7 nitrogen and oxygen atoms in total. The van der Waals surface area contributed by atoms with Gasteiger partial charge >= 0.3 is 0 Å². The van der Waals surface area contributed by atoms with E-state index in [-0.39, 0.29) is 22.4 Å². The Morgan fingerprint density at radius 2 is 1.90 bits per heavy atom. The highest BCUT2D eigenvalue weighted by molar-refractivity contribution is 7.89. The van der Waals surface area contributed by atoms with Crippen LogP contribution >= 0.6 is 11.6 Å². The molecule has 1 heterocycles. The van der Waals surface area contributed by atoms with Crippen LogP contribution in [0.5, 0.6) is 0 Å².